The molecule has 0 aromatic rings. The van der Waals surface area contributed by atoms with Crippen LogP contribution < -0.4 is 0 Å². The van der Waals surface area contributed by atoms with Crippen LogP contribution in [0.25, 0.3) is 0 Å². The Morgan fingerprint density at radius 3 is 2.00 bits per heavy atom. The van der Waals surface area contributed by atoms with Gasteiger partial charge < -0.3 is 9.47 Å². The fourth-order valence-corrected chi connectivity index (χ4v) is 4.61. The molecule has 142 valence electrons. The van der Waals surface area contributed by atoms with E-state index < -0.39 is 0 Å². The van der Waals surface area contributed by atoms with Crippen LogP contribution in [0.2, 0.25) is 0 Å². The Morgan fingerprint density at radius 1 is 0.750 bits per heavy atom. The Balaban J connectivity index is 1.63. The normalized spacial score (nSPS) is 34.4. The van der Waals surface area contributed by atoms with Gasteiger partial charge in [-0.25, -0.2) is 0 Å². The van der Waals surface area contributed by atoms with Gasteiger partial charge in [0.1, 0.15) is 0 Å². The fraction of sp³-hybridized carbons (Fsp3) is 1.00. The highest BCUT2D eigenvalue weighted by Crippen LogP contribution is 2.44. The van der Waals surface area contributed by atoms with Crippen LogP contribution in [0.4, 0.5) is 0 Å². The van der Waals surface area contributed by atoms with E-state index in [1.807, 2.05) is 0 Å². The van der Waals surface area contributed by atoms with E-state index in [9.17, 15) is 0 Å². The zero-order chi connectivity index (χ0) is 17.3. The van der Waals surface area contributed by atoms with E-state index in [1.54, 1.807) is 0 Å². The Morgan fingerprint density at radius 2 is 1.38 bits per heavy atom. The van der Waals surface area contributed by atoms with E-state index in [0.29, 0.717) is 0 Å². The monoisotopic (exact) mass is 338 g/mol. The van der Waals surface area contributed by atoms with Gasteiger partial charge in [-0.1, -0.05) is 78.6 Å². The lowest BCUT2D eigenvalue weighted by atomic mass is 9.67. The number of rotatable bonds is 10. The van der Waals surface area contributed by atoms with Gasteiger partial charge in [0, 0.05) is 5.41 Å². The second-order valence-corrected chi connectivity index (χ2v) is 8.77. The Bertz CT molecular complexity index is 312. The predicted octanol–water partition coefficient (Wildman–Crippen LogP) is 6.72. The van der Waals surface area contributed by atoms with E-state index in [4.69, 9.17) is 9.47 Å². The summed E-state index contributed by atoms with van der Waals surface area (Å²) < 4.78 is 12.1. The van der Waals surface area contributed by atoms with Crippen LogP contribution in [-0.2, 0) is 9.47 Å². The summed E-state index contributed by atoms with van der Waals surface area (Å²) >= 11 is 0. The first kappa shape index (κ1) is 20.2. The molecule has 0 bridgehead atoms. The Kier molecular flexibility index (Phi) is 9.11. The van der Waals surface area contributed by atoms with Gasteiger partial charge >= 0.3 is 0 Å². The predicted molar refractivity (Wildman–Crippen MR) is 102 cm³/mol. The summed E-state index contributed by atoms with van der Waals surface area (Å²) in [6.45, 7) is 8.75. The maximum absolute atomic E-state index is 6.06. The fourth-order valence-electron chi connectivity index (χ4n) is 4.61. The van der Waals surface area contributed by atoms with Crippen LogP contribution in [-0.4, -0.2) is 19.5 Å². The number of unbranched alkanes of at least 4 members (excludes halogenated alkanes) is 5. The van der Waals surface area contributed by atoms with Crippen molar-refractivity contribution < 1.29 is 9.47 Å². The van der Waals surface area contributed by atoms with Crippen molar-refractivity contribution in [3.8, 4) is 0 Å². The molecule has 2 fully saturated rings. The van der Waals surface area contributed by atoms with Crippen LogP contribution in [0.5, 0.6) is 0 Å². The van der Waals surface area contributed by atoms with Crippen molar-refractivity contribution in [1.82, 2.24) is 0 Å². The molecule has 2 rings (SSSR count). The molecule has 2 aliphatic rings. The summed E-state index contributed by atoms with van der Waals surface area (Å²) in [4.78, 5) is 0. The largest absolute Gasteiger partial charge is 0.352 e. The van der Waals surface area contributed by atoms with Gasteiger partial charge in [0.2, 0.25) is 0 Å². The molecule has 0 spiro atoms. The third kappa shape index (κ3) is 6.33. The third-order valence-electron chi connectivity index (χ3n) is 6.54. The molecule has 0 aromatic heterocycles. The van der Waals surface area contributed by atoms with Crippen molar-refractivity contribution in [3.05, 3.63) is 0 Å². The minimum absolute atomic E-state index is 0.0671. The second-order valence-electron chi connectivity index (χ2n) is 8.77. The minimum Gasteiger partial charge on any atom is -0.352 e. The van der Waals surface area contributed by atoms with E-state index >= 15 is 0 Å². The molecule has 1 aliphatic heterocycles. The molecular weight excluding hydrogens is 296 g/mol. The van der Waals surface area contributed by atoms with Crippen molar-refractivity contribution in [2.24, 2.45) is 17.3 Å². The van der Waals surface area contributed by atoms with E-state index in [-0.39, 0.29) is 11.7 Å². The SMILES string of the molecule is CCCCCCCC1CCC([C@]2(C)CO[C@H](CCCC)OC2)CC1. The van der Waals surface area contributed by atoms with Crippen LogP contribution in [0.15, 0.2) is 0 Å². The summed E-state index contributed by atoms with van der Waals surface area (Å²) in [6, 6.07) is 0. The van der Waals surface area contributed by atoms with Gasteiger partial charge in [-0.2, -0.15) is 0 Å². The van der Waals surface area contributed by atoms with E-state index in [1.165, 1.54) is 77.0 Å². The lowest BCUT2D eigenvalue weighted by molar-refractivity contribution is -0.241. The molecule has 2 nitrogen and oxygen atoms in total. The molecule has 0 N–H and O–H groups in total. The second kappa shape index (κ2) is 10.8. The third-order valence-corrected chi connectivity index (χ3v) is 6.54. The first-order valence-corrected chi connectivity index (χ1v) is 10.9. The number of hydrogen-bond acceptors (Lipinski definition) is 2. The molecule has 0 amide bonds. The summed E-state index contributed by atoms with van der Waals surface area (Å²) in [6.07, 6.45) is 17.8. The molecule has 0 atom stereocenters. The molecule has 1 heterocycles. The molecule has 24 heavy (non-hydrogen) atoms. The van der Waals surface area contributed by atoms with Crippen molar-refractivity contribution in [3.63, 3.8) is 0 Å². The first-order valence-electron chi connectivity index (χ1n) is 10.9. The van der Waals surface area contributed by atoms with Gasteiger partial charge in [0.25, 0.3) is 0 Å². The summed E-state index contributed by atoms with van der Waals surface area (Å²) in [7, 11) is 0. The van der Waals surface area contributed by atoms with Gasteiger partial charge in [0.05, 0.1) is 13.2 Å². The van der Waals surface area contributed by atoms with Crippen LogP contribution in [0.1, 0.15) is 104 Å². The van der Waals surface area contributed by atoms with Crippen LogP contribution in [0, 0.1) is 17.3 Å². The smallest absolute Gasteiger partial charge is 0.157 e. The maximum atomic E-state index is 6.06. The van der Waals surface area contributed by atoms with Crippen molar-refractivity contribution in [2.75, 3.05) is 13.2 Å². The quantitative estimate of drug-likeness (QED) is 0.411. The molecule has 1 aliphatic carbocycles. The Hall–Kier alpha value is -0.0800. The van der Waals surface area contributed by atoms with Crippen molar-refractivity contribution >= 4 is 0 Å². The molecule has 0 unspecified atom stereocenters. The molecule has 1 saturated heterocycles. The Labute approximate surface area is 151 Å². The van der Waals surface area contributed by atoms with E-state index in [0.717, 1.165) is 31.5 Å². The summed E-state index contributed by atoms with van der Waals surface area (Å²) in [5.41, 5.74) is 0.259. The lowest BCUT2D eigenvalue weighted by Gasteiger charge is -2.45. The highest BCUT2D eigenvalue weighted by molar-refractivity contribution is 4.88. The molecule has 0 aromatic carbocycles. The van der Waals surface area contributed by atoms with Gasteiger partial charge in [0.15, 0.2) is 6.29 Å². The summed E-state index contributed by atoms with van der Waals surface area (Å²) in [5, 5.41) is 0. The van der Waals surface area contributed by atoms with Crippen LogP contribution in [0.3, 0.4) is 0 Å². The van der Waals surface area contributed by atoms with Gasteiger partial charge in [-0.15, -0.1) is 0 Å². The lowest BCUT2D eigenvalue weighted by Crippen LogP contribution is -2.45. The van der Waals surface area contributed by atoms with Crippen molar-refractivity contribution in [2.45, 2.75) is 111 Å². The van der Waals surface area contributed by atoms with Crippen LogP contribution >= 0.6 is 0 Å². The first-order chi connectivity index (χ1) is 11.7. The molecule has 1 saturated carbocycles. The maximum Gasteiger partial charge on any atom is 0.157 e. The van der Waals surface area contributed by atoms with Crippen molar-refractivity contribution in [1.29, 1.82) is 0 Å². The van der Waals surface area contributed by atoms with E-state index in [2.05, 4.69) is 20.8 Å². The van der Waals surface area contributed by atoms with Gasteiger partial charge in [-0.05, 0) is 37.5 Å². The highest BCUT2D eigenvalue weighted by Gasteiger charge is 2.40. The molecule has 0 radical (unpaired) electrons. The zero-order valence-electron chi connectivity index (χ0n) is 16.7. The standard InChI is InChI=1S/C22H42O2/c1-4-6-8-9-10-11-19-13-15-20(16-14-19)22(3)17-23-21(24-18-22)12-7-5-2/h19-21H,4-18H2,1-3H3/t19?,20?,21-,22+. The topological polar surface area (TPSA) is 18.5 Å². The minimum atomic E-state index is 0.0671. The van der Waals surface area contributed by atoms with Gasteiger partial charge in [-0.3, -0.25) is 0 Å². The average Bonchev–Trinajstić information content (AvgIpc) is 2.62. The zero-order valence-corrected chi connectivity index (χ0v) is 16.7. The molecular formula is C22H42O2. The molecule has 2 heteroatoms. The number of ether oxygens (including phenoxy) is 2. The summed E-state index contributed by atoms with van der Waals surface area (Å²) in [5.74, 6) is 1.80. The highest BCUT2D eigenvalue weighted by atomic mass is 16.7. The number of hydrogen-bond donors (Lipinski definition) is 0. The average molecular weight is 339 g/mol.